The van der Waals surface area contributed by atoms with Crippen LogP contribution in [0.15, 0.2) is 18.2 Å². The zero-order valence-electron chi connectivity index (χ0n) is 9.74. The van der Waals surface area contributed by atoms with Gasteiger partial charge in [0.25, 0.3) is 0 Å². The van der Waals surface area contributed by atoms with Gasteiger partial charge in [-0.25, -0.2) is 0 Å². The second-order valence-corrected chi connectivity index (χ2v) is 4.79. The van der Waals surface area contributed by atoms with Gasteiger partial charge in [0.15, 0.2) is 0 Å². The Hall–Kier alpha value is -1.42. The van der Waals surface area contributed by atoms with Crippen molar-refractivity contribution < 1.29 is 0 Å². The lowest BCUT2D eigenvalue weighted by Crippen LogP contribution is -1.94. The van der Waals surface area contributed by atoms with E-state index >= 15 is 0 Å². The lowest BCUT2D eigenvalue weighted by molar-refractivity contribution is 0.985. The van der Waals surface area contributed by atoms with Crippen LogP contribution < -0.4 is 5.32 Å². The number of anilines is 2. The molecule has 0 saturated carbocycles. The third kappa shape index (κ3) is 2.22. The SMILES string of the molecule is CCc1nnc(Nc2cccc(C)c2C)s1. The van der Waals surface area contributed by atoms with Gasteiger partial charge >= 0.3 is 0 Å². The molecule has 0 radical (unpaired) electrons. The van der Waals surface area contributed by atoms with E-state index in [1.54, 1.807) is 11.3 Å². The lowest BCUT2D eigenvalue weighted by Gasteiger charge is -2.08. The van der Waals surface area contributed by atoms with Crippen molar-refractivity contribution >= 4 is 22.2 Å². The van der Waals surface area contributed by atoms with Crippen LogP contribution >= 0.6 is 11.3 Å². The molecule has 0 amide bonds. The maximum atomic E-state index is 4.11. The van der Waals surface area contributed by atoms with Gasteiger partial charge in [0.2, 0.25) is 5.13 Å². The molecule has 0 aliphatic rings. The van der Waals surface area contributed by atoms with Crippen LogP contribution in [0.5, 0.6) is 0 Å². The summed E-state index contributed by atoms with van der Waals surface area (Å²) < 4.78 is 0. The highest BCUT2D eigenvalue weighted by Gasteiger charge is 2.05. The molecule has 1 aromatic heterocycles. The molecule has 0 aliphatic carbocycles. The van der Waals surface area contributed by atoms with Crippen LogP contribution in [0.1, 0.15) is 23.1 Å². The monoisotopic (exact) mass is 233 g/mol. The van der Waals surface area contributed by atoms with E-state index < -0.39 is 0 Å². The molecule has 0 unspecified atom stereocenters. The predicted molar refractivity (Wildman–Crippen MR) is 68.5 cm³/mol. The summed E-state index contributed by atoms with van der Waals surface area (Å²) >= 11 is 1.61. The molecule has 0 atom stereocenters. The predicted octanol–water partition coefficient (Wildman–Crippen LogP) is 3.46. The van der Waals surface area contributed by atoms with Crippen molar-refractivity contribution in [2.75, 3.05) is 5.32 Å². The van der Waals surface area contributed by atoms with E-state index in [-0.39, 0.29) is 0 Å². The Balaban J connectivity index is 2.23. The molecule has 1 heterocycles. The Bertz CT molecular complexity index is 491. The van der Waals surface area contributed by atoms with Gasteiger partial charge in [-0.3, -0.25) is 0 Å². The van der Waals surface area contributed by atoms with Crippen LogP contribution in [-0.2, 0) is 6.42 Å². The van der Waals surface area contributed by atoms with Crippen molar-refractivity contribution in [2.45, 2.75) is 27.2 Å². The highest BCUT2D eigenvalue weighted by Crippen LogP contribution is 2.24. The molecule has 0 spiro atoms. The third-order valence-corrected chi connectivity index (χ3v) is 3.60. The fourth-order valence-electron chi connectivity index (χ4n) is 1.45. The lowest BCUT2D eigenvalue weighted by atomic mass is 10.1. The van der Waals surface area contributed by atoms with Crippen LogP contribution in [0.3, 0.4) is 0 Å². The largest absolute Gasteiger partial charge is 0.330 e. The molecule has 84 valence electrons. The Morgan fingerprint density at radius 1 is 1.25 bits per heavy atom. The first kappa shape index (κ1) is 11.1. The zero-order chi connectivity index (χ0) is 11.5. The first-order valence-corrected chi connectivity index (χ1v) is 6.18. The highest BCUT2D eigenvalue weighted by atomic mass is 32.1. The summed E-state index contributed by atoms with van der Waals surface area (Å²) in [5.41, 5.74) is 3.65. The maximum absolute atomic E-state index is 4.11. The van der Waals surface area contributed by atoms with Gasteiger partial charge in [-0.15, -0.1) is 10.2 Å². The average Bonchev–Trinajstić information content (AvgIpc) is 2.73. The van der Waals surface area contributed by atoms with Crippen LogP contribution in [-0.4, -0.2) is 10.2 Å². The van der Waals surface area contributed by atoms with Crippen LogP contribution in [0.4, 0.5) is 10.8 Å². The van der Waals surface area contributed by atoms with Crippen molar-refractivity contribution in [3.63, 3.8) is 0 Å². The minimum absolute atomic E-state index is 0.866. The van der Waals surface area contributed by atoms with Crippen molar-refractivity contribution in [3.8, 4) is 0 Å². The third-order valence-electron chi connectivity index (χ3n) is 2.62. The van der Waals surface area contributed by atoms with Gasteiger partial charge in [0.05, 0.1) is 0 Å². The van der Waals surface area contributed by atoms with E-state index in [1.807, 2.05) is 6.07 Å². The summed E-state index contributed by atoms with van der Waals surface area (Å²) in [7, 11) is 0. The first-order chi connectivity index (χ1) is 7.70. The van der Waals surface area contributed by atoms with Crippen LogP contribution in [0.2, 0.25) is 0 Å². The zero-order valence-corrected chi connectivity index (χ0v) is 10.6. The molecular formula is C12H15N3S. The minimum Gasteiger partial charge on any atom is -0.330 e. The number of aromatic nitrogens is 2. The molecule has 3 nitrogen and oxygen atoms in total. The Kier molecular flexibility index (Phi) is 3.19. The summed E-state index contributed by atoms with van der Waals surface area (Å²) in [6, 6.07) is 6.22. The second kappa shape index (κ2) is 4.61. The molecule has 0 saturated heterocycles. The summed E-state index contributed by atoms with van der Waals surface area (Å²) in [6.45, 7) is 6.31. The van der Waals surface area contributed by atoms with E-state index in [0.29, 0.717) is 0 Å². The molecule has 2 rings (SSSR count). The van der Waals surface area contributed by atoms with Crippen molar-refractivity contribution in [1.29, 1.82) is 0 Å². The Morgan fingerprint density at radius 2 is 2.06 bits per heavy atom. The van der Waals surface area contributed by atoms with Gasteiger partial charge in [0.1, 0.15) is 5.01 Å². The number of nitrogens with zero attached hydrogens (tertiary/aromatic N) is 2. The van der Waals surface area contributed by atoms with Crippen LogP contribution in [0, 0.1) is 13.8 Å². The number of rotatable bonds is 3. The van der Waals surface area contributed by atoms with Gasteiger partial charge in [-0.05, 0) is 37.5 Å². The highest BCUT2D eigenvalue weighted by molar-refractivity contribution is 7.15. The summed E-state index contributed by atoms with van der Waals surface area (Å²) in [4.78, 5) is 0. The number of nitrogens with one attached hydrogen (secondary N) is 1. The van der Waals surface area contributed by atoms with Gasteiger partial charge in [-0.1, -0.05) is 30.4 Å². The van der Waals surface area contributed by atoms with Gasteiger partial charge < -0.3 is 5.32 Å². The Morgan fingerprint density at radius 3 is 2.75 bits per heavy atom. The molecule has 1 N–H and O–H groups in total. The number of aryl methyl sites for hydroxylation is 2. The molecule has 16 heavy (non-hydrogen) atoms. The summed E-state index contributed by atoms with van der Waals surface area (Å²) in [6.07, 6.45) is 0.937. The quantitative estimate of drug-likeness (QED) is 0.882. The van der Waals surface area contributed by atoms with Crippen LogP contribution in [0.25, 0.3) is 0 Å². The first-order valence-electron chi connectivity index (χ1n) is 5.36. The normalized spacial score (nSPS) is 10.4. The summed E-state index contributed by atoms with van der Waals surface area (Å²) in [5.74, 6) is 0. The van der Waals surface area contributed by atoms with Crippen molar-refractivity contribution in [3.05, 3.63) is 34.3 Å². The Labute approximate surface area is 99.5 Å². The van der Waals surface area contributed by atoms with E-state index in [4.69, 9.17) is 0 Å². The number of hydrogen-bond donors (Lipinski definition) is 1. The smallest absolute Gasteiger partial charge is 0.210 e. The number of hydrogen-bond acceptors (Lipinski definition) is 4. The van der Waals surface area contributed by atoms with Crippen molar-refractivity contribution in [1.82, 2.24) is 10.2 Å². The molecule has 0 bridgehead atoms. The maximum Gasteiger partial charge on any atom is 0.210 e. The van der Waals surface area contributed by atoms with E-state index in [0.717, 1.165) is 22.2 Å². The fourth-order valence-corrected chi connectivity index (χ4v) is 2.14. The summed E-state index contributed by atoms with van der Waals surface area (Å²) in [5, 5.41) is 13.4. The molecule has 4 heteroatoms. The van der Waals surface area contributed by atoms with Crippen molar-refractivity contribution in [2.24, 2.45) is 0 Å². The second-order valence-electron chi connectivity index (χ2n) is 3.73. The topological polar surface area (TPSA) is 37.8 Å². The van der Waals surface area contributed by atoms with E-state index in [2.05, 4.69) is 48.4 Å². The molecule has 1 aromatic carbocycles. The number of benzene rings is 1. The molecule has 0 fully saturated rings. The standard InChI is InChI=1S/C12H15N3S/c1-4-11-14-15-12(16-11)13-10-7-5-6-8(2)9(10)3/h5-7H,4H2,1-3H3,(H,13,15). The molecule has 0 aliphatic heterocycles. The average molecular weight is 233 g/mol. The molecular weight excluding hydrogens is 218 g/mol. The van der Waals surface area contributed by atoms with Gasteiger partial charge in [0, 0.05) is 5.69 Å². The minimum atomic E-state index is 0.866. The van der Waals surface area contributed by atoms with E-state index in [1.165, 1.54) is 11.1 Å². The molecule has 2 aromatic rings. The fraction of sp³-hybridized carbons (Fsp3) is 0.333. The van der Waals surface area contributed by atoms with E-state index in [9.17, 15) is 0 Å². The van der Waals surface area contributed by atoms with Gasteiger partial charge in [-0.2, -0.15) is 0 Å².